The van der Waals surface area contributed by atoms with Gasteiger partial charge < -0.3 is 4.48 Å². The molecule has 1 aromatic carbocycles. The smallest absolute Gasteiger partial charge is 0.165 e. The number of hydrogen-bond donors (Lipinski definition) is 0. The summed E-state index contributed by atoms with van der Waals surface area (Å²) in [5.41, 5.74) is 4.78. The zero-order chi connectivity index (χ0) is 9.50. The van der Waals surface area contributed by atoms with Crippen molar-refractivity contribution in [3.63, 3.8) is 0 Å². The van der Waals surface area contributed by atoms with Crippen LogP contribution in [-0.2, 0) is 0 Å². The predicted molar refractivity (Wildman–Crippen MR) is 56.1 cm³/mol. The van der Waals surface area contributed by atoms with E-state index in [-0.39, 0.29) is 0 Å². The van der Waals surface area contributed by atoms with E-state index in [9.17, 15) is 0 Å². The Bertz CT molecular complexity index is 437. The maximum atomic E-state index is 2.45. The van der Waals surface area contributed by atoms with Gasteiger partial charge in [0.05, 0.1) is 13.1 Å². The molecule has 1 heteroatoms. The van der Waals surface area contributed by atoms with E-state index in [1.807, 2.05) is 0 Å². The molecule has 0 radical (unpaired) electrons. The Morgan fingerprint density at radius 2 is 2.14 bits per heavy atom. The maximum absolute atomic E-state index is 2.45. The summed E-state index contributed by atoms with van der Waals surface area (Å²) in [4.78, 5) is 0. The van der Waals surface area contributed by atoms with Gasteiger partial charge in [-0.3, -0.25) is 0 Å². The second kappa shape index (κ2) is 1.92. The summed E-state index contributed by atoms with van der Waals surface area (Å²) in [7, 11) is 2.45. The Morgan fingerprint density at radius 1 is 1.29 bits per heavy atom. The van der Waals surface area contributed by atoms with Gasteiger partial charge in [-0.2, -0.15) is 0 Å². The summed E-state index contributed by atoms with van der Waals surface area (Å²) >= 11 is 0. The number of nitrogens with zero attached hydrogens (tertiary/aromatic N) is 1. The van der Waals surface area contributed by atoms with Crippen molar-refractivity contribution in [3.8, 4) is 0 Å². The van der Waals surface area contributed by atoms with E-state index in [0.29, 0.717) is 0 Å². The van der Waals surface area contributed by atoms with Gasteiger partial charge in [-0.1, -0.05) is 17.7 Å². The van der Waals surface area contributed by atoms with E-state index in [2.05, 4.69) is 32.2 Å². The molecule has 0 bridgehead atoms. The minimum absolute atomic E-state index is 0.855. The summed E-state index contributed by atoms with van der Waals surface area (Å²) in [6, 6.07) is 8.94. The number of quaternary nitrogens is 1. The van der Waals surface area contributed by atoms with Crippen LogP contribution in [0.15, 0.2) is 18.2 Å². The summed E-state index contributed by atoms with van der Waals surface area (Å²) < 4.78 is 1.36. The molecule has 1 aromatic rings. The van der Waals surface area contributed by atoms with Crippen LogP contribution in [-0.4, -0.2) is 24.1 Å². The number of aryl methyl sites for hydroxylation is 1. The van der Waals surface area contributed by atoms with E-state index in [1.165, 1.54) is 23.0 Å². The van der Waals surface area contributed by atoms with Gasteiger partial charge in [0.2, 0.25) is 0 Å². The third-order valence-electron chi connectivity index (χ3n) is 4.66. The van der Waals surface area contributed by atoms with Crippen molar-refractivity contribution in [3.05, 3.63) is 34.9 Å². The van der Waals surface area contributed by atoms with Crippen LogP contribution < -0.4 is 0 Å². The van der Waals surface area contributed by atoms with Crippen molar-refractivity contribution in [2.75, 3.05) is 13.6 Å². The summed E-state index contributed by atoms with van der Waals surface area (Å²) in [6.45, 7) is 3.61. The van der Waals surface area contributed by atoms with Crippen LogP contribution in [0.1, 0.15) is 35.1 Å². The molecule has 2 heterocycles. The lowest BCUT2D eigenvalue weighted by Crippen LogP contribution is -2.27. The third kappa shape index (κ3) is 0.683. The van der Waals surface area contributed by atoms with Gasteiger partial charge in [-0.15, -0.1) is 0 Å². The zero-order valence-electron chi connectivity index (χ0n) is 8.83. The van der Waals surface area contributed by atoms with Gasteiger partial charge in [-0.25, -0.2) is 0 Å². The Labute approximate surface area is 84.9 Å². The maximum Gasteiger partial charge on any atom is 0.165 e. The van der Waals surface area contributed by atoms with Gasteiger partial charge in [0.1, 0.15) is 6.54 Å². The average molecular weight is 186 g/mol. The van der Waals surface area contributed by atoms with Crippen LogP contribution in [0.2, 0.25) is 0 Å². The molecule has 0 aromatic heterocycles. The van der Waals surface area contributed by atoms with Crippen LogP contribution in [0.25, 0.3) is 0 Å². The fourth-order valence-electron chi connectivity index (χ4n) is 3.60. The standard InChI is InChI=1S/C13H16N/c1-8-3-4-9-10(5-8)13-7-14(13,2)12-6-11(9)12/h3-5,11-13H,6-7H2,1-2H3/q+1/t11-,12?,13-,14?/m1/s1. The van der Waals surface area contributed by atoms with E-state index in [4.69, 9.17) is 0 Å². The van der Waals surface area contributed by atoms with E-state index in [1.54, 1.807) is 11.1 Å². The largest absolute Gasteiger partial charge is 0.307 e. The summed E-state index contributed by atoms with van der Waals surface area (Å²) in [5.74, 6) is 0.911. The van der Waals surface area contributed by atoms with Gasteiger partial charge in [0.25, 0.3) is 0 Å². The molecule has 2 aliphatic heterocycles. The molecule has 2 unspecified atom stereocenters. The molecule has 0 spiro atoms. The lowest BCUT2D eigenvalue weighted by atomic mass is 9.96. The Morgan fingerprint density at radius 3 is 3.00 bits per heavy atom. The van der Waals surface area contributed by atoms with E-state index in [0.717, 1.165) is 18.0 Å². The summed E-state index contributed by atoms with van der Waals surface area (Å²) in [5, 5.41) is 0. The van der Waals surface area contributed by atoms with Crippen LogP contribution >= 0.6 is 0 Å². The van der Waals surface area contributed by atoms with Crippen LogP contribution in [0.3, 0.4) is 0 Å². The quantitative estimate of drug-likeness (QED) is 0.431. The Hall–Kier alpha value is -0.820. The minimum atomic E-state index is 0.855. The molecular formula is C13H16N+. The lowest BCUT2D eigenvalue weighted by Gasteiger charge is -2.21. The van der Waals surface area contributed by atoms with E-state index < -0.39 is 0 Å². The van der Waals surface area contributed by atoms with Crippen molar-refractivity contribution >= 4 is 0 Å². The molecule has 0 amide bonds. The van der Waals surface area contributed by atoms with Crippen molar-refractivity contribution in [1.29, 1.82) is 0 Å². The fraction of sp³-hybridized carbons (Fsp3) is 0.538. The molecule has 0 N–H and O–H groups in total. The highest BCUT2D eigenvalue weighted by atomic mass is 15.5. The highest BCUT2D eigenvalue weighted by molar-refractivity contribution is 5.43. The molecule has 3 aliphatic rings. The molecular weight excluding hydrogens is 170 g/mol. The Kier molecular flexibility index (Phi) is 1.02. The van der Waals surface area contributed by atoms with Crippen molar-refractivity contribution in [1.82, 2.24) is 0 Å². The monoisotopic (exact) mass is 186 g/mol. The first-order chi connectivity index (χ1) is 6.70. The lowest BCUT2D eigenvalue weighted by molar-refractivity contribution is -0.809. The fourth-order valence-corrected chi connectivity index (χ4v) is 3.60. The molecule has 2 fully saturated rings. The number of likely N-dealkylation sites (N-methyl/N-ethyl adjacent to an activating group) is 1. The van der Waals surface area contributed by atoms with Crippen molar-refractivity contribution in [2.24, 2.45) is 0 Å². The average Bonchev–Trinajstić information content (AvgIpc) is 2.96. The normalized spacial score (nSPS) is 46.3. The number of fused-ring (bicyclic) bond motifs is 6. The van der Waals surface area contributed by atoms with Gasteiger partial charge >= 0.3 is 0 Å². The first kappa shape index (κ1) is 7.47. The molecule has 1 saturated carbocycles. The number of rotatable bonds is 0. The molecule has 4 rings (SSSR count). The van der Waals surface area contributed by atoms with Crippen LogP contribution in [0.5, 0.6) is 0 Å². The van der Waals surface area contributed by atoms with Crippen LogP contribution in [0.4, 0.5) is 0 Å². The van der Waals surface area contributed by atoms with Gasteiger partial charge in [0, 0.05) is 17.9 Å². The Balaban J connectivity index is 1.95. The molecule has 4 atom stereocenters. The predicted octanol–water partition coefficient (Wildman–Crippen LogP) is 2.37. The molecule has 1 aliphatic carbocycles. The first-order valence-corrected chi connectivity index (χ1v) is 5.65. The van der Waals surface area contributed by atoms with Crippen molar-refractivity contribution in [2.45, 2.75) is 31.3 Å². The van der Waals surface area contributed by atoms with Crippen molar-refractivity contribution < 1.29 is 4.48 Å². The number of hydrogen-bond acceptors (Lipinski definition) is 0. The summed E-state index contributed by atoms with van der Waals surface area (Å²) in [6.07, 6.45) is 1.45. The molecule has 14 heavy (non-hydrogen) atoms. The molecule has 72 valence electrons. The van der Waals surface area contributed by atoms with E-state index >= 15 is 0 Å². The van der Waals surface area contributed by atoms with Crippen LogP contribution in [0, 0.1) is 6.92 Å². The highest BCUT2D eigenvalue weighted by Gasteiger charge is 2.69. The second-order valence-electron chi connectivity index (χ2n) is 5.59. The van der Waals surface area contributed by atoms with Gasteiger partial charge in [0.15, 0.2) is 6.04 Å². The number of benzene rings is 1. The third-order valence-corrected chi connectivity index (χ3v) is 4.66. The zero-order valence-corrected chi connectivity index (χ0v) is 8.83. The molecule has 1 nitrogen and oxygen atoms in total. The topological polar surface area (TPSA) is 0 Å². The highest BCUT2D eigenvalue weighted by Crippen LogP contribution is 2.64. The second-order valence-corrected chi connectivity index (χ2v) is 5.59. The first-order valence-electron chi connectivity index (χ1n) is 5.65. The minimum Gasteiger partial charge on any atom is -0.307 e. The SMILES string of the molecule is Cc1ccc2c(c1)[C@H]1C[N+]1(C)C1C[C@H]21. The van der Waals surface area contributed by atoms with Gasteiger partial charge in [-0.05, 0) is 18.6 Å². The molecule has 1 saturated heterocycles.